The minimum absolute atomic E-state index is 0. The van der Waals surface area contributed by atoms with Crippen molar-refractivity contribution in [2.45, 2.75) is 90.9 Å². The molecule has 0 fully saturated rings. The third-order valence-electron chi connectivity index (χ3n) is 6.17. The monoisotopic (exact) mass is 412 g/mol. The van der Waals surface area contributed by atoms with E-state index < -0.39 is 0 Å². The van der Waals surface area contributed by atoms with Crippen LogP contribution in [-0.4, -0.2) is 0 Å². The SMILES string of the molecule is CC1[C-]=CC2=C1CCCCCC2.CC1[C-]=CC2=C1CCCCCC2.[Zr+2]. The molecular formula is C24H34Zr. The summed E-state index contributed by atoms with van der Waals surface area (Å²) >= 11 is 0. The maximum Gasteiger partial charge on any atom is 2.00 e. The van der Waals surface area contributed by atoms with E-state index in [0.29, 0.717) is 11.8 Å². The van der Waals surface area contributed by atoms with Gasteiger partial charge in [-0.2, -0.15) is 22.3 Å². The van der Waals surface area contributed by atoms with Crippen LogP contribution in [0.25, 0.3) is 0 Å². The molecule has 0 aromatic carbocycles. The first-order valence-corrected chi connectivity index (χ1v) is 10.4. The van der Waals surface area contributed by atoms with Gasteiger partial charge in [0.1, 0.15) is 0 Å². The number of hydrogen-bond donors (Lipinski definition) is 0. The molecule has 25 heavy (non-hydrogen) atoms. The molecule has 4 aliphatic carbocycles. The Kier molecular flexibility index (Phi) is 9.19. The zero-order valence-corrected chi connectivity index (χ0v) is 18.8. The standard InChI is InChI=1S/2C12H17.Zr/c2*1-10-8-9-11-6-4-2-3-5-7-12(10)11;/h2*9-10H,2-7H2,1H3;/q2*-1;+2. The average molecular weight is 414 g/mol. The van der Waals surface area contributed by atoms with E-state index in [9.17, 15) is 0 Å². The van der Waals surface area contributed by atoms with E-state index in [1.807, 2.05) is 0 Å². The van der Waals surface area contributed by atoms with Gasteiger partial charge in [0.15, 0.2) is 0 Å². The zero-order chi connectivity index (χ0) is 16.8. The Morgan fingerprint density at radius 1 is 0.600 bits per heavy atom. The summed E-state index contributed by atoms with van der Waals surface area (Å²) in [5.41, 5.74) is 6.61. The van der Waals surface area contributed by atoms with Crippen LogP contribution in [0.3, 0.4) is 0 Å². The first-order chi connectivity index (χ1) is 11.8. The van der Waals surface area contributed by atoms with E-state index in [4.69, 9.17) is 0 Å². The first-order valence-electron chi connectivity index (χ1n) is 10.4. The second-order valence-corrected chi connectivity index (χ2v) is 7.99. The van der Waals surface area contributed by atoms with Crippen LogP contribution in [0.15, 0.2) is 34.4 Å². The summed E-state index contributed by atoms with van der Waals surface area (Å²) in [6, 6.07) is 0. The molecule has 2 atom stereocenters. The molecule has 4 rings (SSSR count). The molecule has 0 aromatic rings. The van der Waals surface area contributed by atoms with Gasteiger partial charge in [-0.05, 0) is 12.8 Å². The summed E-state index contributed by atoms with van der Waals surface area (Å²) in [6.45, 7) is 4.56. The molecule has 0 N–H and O–H groups in total. The molecule has 0 radical (unpaired) electrons. The average Bonchev–Trinajstić information content (AvgIpc) is 3.02. The summed E-state index contributed by atoms with van der Waals surface area (Å²) in [7, 11) is 0. The van der Waals surface area contributed by atoms with Crippen molar-refractivity contribution < 1.29 is 26.2 Å². The van der Waals surface area contributed by atoms with Crippen molar-refractivity contribution in [3.05, 3.63) is 46.6 Å². The van der Waals surface area contributed by atoms with Gasteiger partial charge in [-0.25, -0.2) is 12.2 Å². The Morgan fingerprint density at radius 2 is 0.960 bits per heavy atom. The number of hydrogen-bond acceptors (Lipinski definition) is 0. The summed E-state index contributed by atoms with van der Waals surface area (Å²) in [5, 5.41) is 0. The molecule has 0 bridgehead atoms. The minimum atomic E-state index is 0. The van der Waals surface area contributed by atoms with Gasteiger partial charge in [-0.15, -0.1) is 0 Å². The van der Waals surface area contributed by atoms with E-state index in [1.54, 1.807) is 22.3 Å². The molecule has 0 saturated heterocycles. The Bertz CT molecular complexity index is 496. The molecule has 0 spiro atoms. The van der Waals surface area contributed by atoms with Crippen molar-refractivity contribution in [1.82, 2.24) is 0 Å². The molecule has 0 heterocycles. The molecule has 0 nitrogen and oxygen atoms in total. The third kappa shape index (κ3) is 5.92. The molecule has 1 heteroatoms. The van der Waals surface area contributed by atoms with Gasteiger partial charge in [0.25, 0.3) is 0 Å². The quantitative estimate of drug-likeness (QED) is 0.366. The maximum atomic E-state index is 3.42. The topological polar surface area (TPSA) is 0 Å². The molecular weight excluding hydrogens is 379 g/mol. The molecule has 0 aromatic heterocycles. The van der Waals surface area contributed by atoms with Crippen LogP contribution in [0, 0.1) is 24.0 Å². The summed E-state index contributed by atoms with van der Waals surface area (Å²) in [5.74, 6) is 1.25. The van der Waals surface area contributed by atoms with Crippen molar-refractivity contribution in [2.75, 3.05) is 0 Å². The predicted molar refractivity (Wildman–Crippen MR) is 103 cm³/mol. The molecule has 134 valence electrons. The zero-order valence-electron chi connectivity index (χ0n) is 16.3. The van der Waals surface area contributed by atoms with Gasteiger partial charge in [0.05, 0.1) is 0 Å². The summed E-state index contributed by atoms with van der Waals surface area (Å²) < 4.78 is 0. The fourth-order valence-corrected chi connectivity index (χ4v) is 4.58. The van der Waals surface area contributed by atoms with E-state index in [1.165, 1.54) is 77.0 Å². The summed E-state index contributed by atoms with van der Waals surface area (Å²) in [6.07, 6.45) is 27.9. The van der Waals surface area contributed by atoms with Crippen molar-refractivity contribution in [3.8, 4) is 0 Å². The first kappa shape index (κ1) is 21.1. The fraction of sp³-hybridized carbons (Fsp3) is 0.667. The van der Waals surface area contributed by atoms with Crippen molar-refractivity contribution in [3.63, 3.8) is 0 Å². The number of allylic oxidation sites excluding steroid dienone is 8. The fourth-order valence-electron chi connectivity index (χ4n) is 4.58. The van der Waals surface area contributed by atoms with Gasteiger partial charge in [-0.1, -0.05) is 89.9 Å². The van der Waals surface area contributed by atoms with Gasteiger partial charge < -0.3 is 0 Å². The molecule has 2 unspecified atom stereocenters. The van der Waals surface area contributed by atoms with Crippen LogP contribution >= 0.6 is 0 Å². The third-order valence-corrected chi connectivity index (χ3v) is 6.17. The van der Waals surface area contributed by atoms with Crippen LogP contribution in [0.1, 0.15) is 90.9 Å². The van der Waals surface area contributed by atoms with Gasteiger partial charge in [0.2, 0.25) is 0 Å². The second kappa shape index (κ2) is 10.9. The van der Waals surface area contributed by atoms with Crippen LogP contribution in [0.4, 0.5) is 0 Å². The van der Waals surface area contributed by atoms with Crippen LogP contribution in [-0.2, 0) is 26.2 Å². The van der Waals surface area contributed by atoms with Crippen molar-refractivity contribution >= 4 is 0 Å². The maximum absolute atomic E-state index is 3.42. The Balaban J connectivity index is 0.000000173. The van der Waals surface area contributed by atoms with Gasteiger partial charge in [-0.3, -0.25) is 12.2 Å². The molecule has 0 amide bonds. The smallest absolute Gasteiger partial charge is 0.269 e. The van der Waals surface area contributed by atoms with E-state index in [0.717, 1.165) is 0 Å². The van der Waals surface area contributed by atoms with Crippen LogP contribution in [0.2, 0.25) is 0 Å². The van der Waals surface area contributed by atoms with Crippen molar-refractivity contribution in [1.29, 1.82) is 0 Å². The molecule has 4 aliphatic rings. The number of rotatable bonds is 0. The van der Waals surface area contributed by atoms with Crippen molar-refractivity contribution in [2.24, 2.45) is 11.8 Å². The van der Waals surface area contributed by atoms with E-state index in [2.05, 4.69) is 38.2 Å². The minimum Gasteiger partial charge on any atom is -0.269 e. The largest absolute Gasteiger partial charge is 2.00 e. The van der Waals surface area contributed by atoms with E-state index >= 15 is 0 Å². The Hall–Kier alpha value is -0.157. The van der Waals surface area contributed by atoms with E-state index in [-0.39, 0.29) is 26.2 Å². The molecule has 0 saturated carbocycles. The second-order valence-electron chi connectivity index (χ2n) is 7.99. The Labute approximate surface area is 175 Å². The summed E-state index contributed by atoms with van der Waals surface area (Å²) in [4.78, 5) is 0. The predicted octanol–water partition coefficient (Wildman–Crippen LogP) is 7.29. The van der Waals surface area contributed by atoms with Crippen LogP contribution in [0.5, 0.6) is 0 Å². The van der Waals surface area contributed by atoms with Gasteiger partial charge >= 0.3 is 26.2 Å². The normalized spacial score (nSPS) is 28.7. The van der Waals surface area contributed by atoms with Gasteiger partial charge in [0, 0.05) is 0 Å². The Morgan fingerprint density at radius 3 is 1.36 bits per heavy atom. The molecule has 0 aliphatic heterocycles. The van der Waals surface area contributed by atoms with Crippen LogP contribution < -0.4 is 0 Å².